The van der Waals surface area contributed by atoms with Gasteiger partial charge in [0.05, 0.1) is 19.3 Å². The van der Waals surface area contributed by atoms with Crippen LogP contribution in [0.1, 0.15) is 112 Å². The highest BCUT2D eigenvalue weighted by Crippen LogP contribution is 2.55. The van der Waals surface area contributed by atoms with Crippen LogP contribution in [0.5, 0.6) is 5.75 Å². The Balaban J connectivity index is 1.30. The fraction of sp³-hybridized carbons (Fsp3) is 0.611. The lowest BCUT2D eigenvalue weighted by Crippen LogP contribution is -2.59. The van der Waals surface area contributed by atoms with Crippen molar-refractivity contribution in [2.75, 3.05) is 13.7 Å². The topological polar surface area (TPSA) is 79.9 Å². The highest BCUT2D eigenvalue weighted by atomic mass is 16.6. The molecule has 7 heteroatoms. The SMILES string of the molecule is CCCCN[C@H]1Cc2cc(OC)ccc2[C@H](c2ccc(C(=O)NC34CC5CC(CC(C5)C3)C4)cc2)N1C(=O)OC(C)(C)C. The molecule has 0 unspecified atom stereocenters. The maximum absolute atomic E-state index is 13.9. The molecule has 2 aromatic rings. The number of hydrogen-bond acceptors (Lipinski definition) is 5. The summed E-state index contributed by atoms with van der Waals surface area (Å²) in [5.74, 6) is 3.14. The summed E-state index contributed by atoms with van der Waals surface area (Å²) in [5, 5.41) is 7.15. The number of carbonyl (C=O) groups excluding carboxylic acids is 2. The quantitative estimate of drug-likeness (QED) is 0.326. The molecule has 0 saturated heterocycles. The molecule has 2 amide bonds. The second-order valence-electron chi connectivity index (χ2n) is 14.7. The van der Waals surface area contributed by atoms with E-state index in [0.717, 1.165) is 78.8 Å². The van der Waals surface area contributed by atoms with E-state index in [1.54, 1.807) is 7.11 Å². The molecule has 2 aromatic carbocycles. The lowest BCUT2D eigenvalue weighted by molar-refractivity contribution is -0.0167. The zero-order valence-corrected chi connectivity index (χ0v) is 26.6. The van der Waals surface area contributed by atoms with Gasteiger partial charge >= 0.3 is 6.09 Å². The fourth-order valence-corrected chi connectivity index (χ4v) is 8.69. The van der Waals surface area contributed by atoms with E-state index in [1.165, 1.54) is 19.3 Å². The first-order valence-corrected chi connectivity index (χ1v) is 16.4. The molecule has 1 heterocycles. The van der Waals surface area contributed by atoms with Crippen molar-refractivity contribution in [1.82, 2.24) is 15.5 Å². The molecule has 0 spiro atoms. The number of ether oxygens (including phenoxy) is 2. The number of methoxy groups -OCH3 is 1. The number of nitrogens with zero attached hydrogens (tertiary/aromatic N) is 1. The standard InChI is InChI=1S/C36H49N3O4/c1-6-7-14-37-31-19-28-18-29(42-5)12-13-30(28)32(39(31)34(41)43-35(2,3)4)26-8-10-27(11-9-26)33(40)38-36-20-23-15-24(21-36)17-25(16-23)22-36/h8-13,18,23-25,31-32,37H,6-7,14-17,19-22H2,1-5H3,(H,38,40)/t23?,24?,25?,31-,32+,36?/m1/s1. The zero-order valence-electron chi connectivity index (χ0n) is 26.6. The molecule has 0 radical (unpaired) electrons. The van der Waals surface area contributed by atoms with Crippen molar-refractivity contribution in [3.05, 3.63) is 64.7 Å². The van der Waals surface area contributed by atoms with Gasteiger partial charge in [-0.2, -0.15) is 0 Å². The van der Waals surface area contributed by atoms with Gasteiger partial charge in [-0.15, -0.1) is 0 Å². The highest BCUT2D eigenvalue weighted by Gasteiger charge is 2.51. The van der Waals surface area contributed by atoms with Gasteiger partial charge in [-0.25, -0.2) is 4.79 Å². The third-order valence-corrected chi connectivity index (χ3v) is 10.1. The Kier molecular flexibility index (Phi) is 8.22. The molecule has 4 aliphatic carbocycles. The number of benzene rings is 2. The summed E-state index contributed by atoms with van der Waals surface area (Å²) in [4.78, 5) is 29.3. The Morgan fingerprint density at radius 2 is 1.63 bits per heavy atom. The van der Waals surface area contributed by atoms with E-state index in [4.69, 9.17) is 9.47 Å². The number of nitrogens with one attached hydrogen (secondary N) is 2. The van der Waals surface area contributed by atoms with Crippen molar-refractivity contribution in [1.29, 1.82) is 0 Å². The van der Waals surface area contributed by atoms with Gasteiger partial charge < -0.3 is 14.8 Å². The molecule has 7 nitrogen and oxygen atoms in total. The zero-order chi connectivity index (χ0) is 30.4. The average Bonchev–Trinajstić information content (AvgIpc) is 2.94. The summed E-state index contributed by atoms with van der Waals surface area (Å²) >= 11 is 0. The van der Waals surface area contributed by atoms with Crippen LogP contribution in [0.2, 0.25) is 0 Å². The molecule has 4 bridgehead atoms. The Labute approximate surface area is 257 Å². The van der Waals surface area contributed by atoms with Crippen molar-refractivity contribution in [2.24, 2.45) is 17.8 Å². The summed E-state index contributed by atoms with van der Waals surface area (Å²) in [7, 11) is 1.68. The minimum Gasteiger partial charge on any atom is -0.497 e. The molecule has 7 rings (SSSR count). The number of carbonyl (C=O) groups is 2. The predicted molar refractivity (Wildman–Crippen MR) is 168 cm³/mol. The molecule has 4 saturated carbocycles. The van der Waals surface area contributed by atoms with Crippen molar-refractivity contribution in [3.63, 3.8) is 0 Å². The Morgan fingerprint density at radius 3 is 2.21 bits per heavy atom. The van der Waals surface area contributed by atoms with Gasteiger partial charge in [0.2, 0.25) is 0 Å². The third kappa shape index (κ3) is 6.29. The summed E-state index contributed by atoms with van der Waals surface area (Å²) in [5.41, 5.74) is 3.15. The second kappa shape index (κ2) is 11.8. The average molecular weight is 588 g/mol. The second-order valence-corrected chi connectivity index (χ2v) is 14.7. The molecule has 43 heavy (non-hydrogen) atoms. The summed E-state index contributed by atoms with van der Waals surface area (Å²) in [6.07, 6.45) is 9.56. The van der Waals surface area contributed by atoms with E-state index in [0.29, 0.717) is 12.0 Å². The Bertz CT molecular complexity index is 1300. The highest BCUT2D eigenvalue weighted by molar-refractivity contribution is 5.94. The summed E-state index contributed by atoms with van der Waals surface area (Å²) < 4.78 is 11.5. The van der Waals surface area contributed by atoms with Gasteiger partial charge in [-0.1, -0.05) is 31.5 Å². The molecule has 5 aliphatic rings. The largest absolute Gasteiger partial charge is 0.497 e. The van der Waals surface area contributed by atoms with Crippen LogP contribution in [0.4, 0.5) is 4.79 Å². The normalized spacial score (nSPS) is 29.2. The number of rotatable bonds is 8. The van der Waals surface area contributed by atoms with Gasteiger partial charge in [0.25, 0.3) is 5.91 Å². The minimum atomic E-state index is -0.630. The van der Waals surface area contributed by atoms with Crippen molar-refractivity contribution < 1.29 is 19.1 Å². The van der Waals surface area contributed by atoms with Crippen molar-refractivity contribution >= 4 is 12.0 Å². The lowest BCUT2D eigenvalue weighted by atomic mass is 9.53. The van der Waals surface area contributed by atoms with Gasteiger partial charge in [-0.3, -0.25) is 15.0 Å². The van der Waals surface area contributed by atoms with Gasteiger partial charge in [-0.05, 0) is 131 Å². The van der Waals surface area contributed by atoms with E-state index < -0.39 is 5.60 Å². The van der Waals surface area contributed by atoms with Gasteiger partial charge in [0.1, 0.15) is 11.4 Å². The summed E-state index contributed by atoms with van der Waals surface area (Å²) in [6, 6.07) is 13.6. The van der Waals surface area contributed by atoms with Crippen LogP contribution in [0.25, 0.3) is 0 Å². The first-order chi connectivity index (χ1) is 20.6. The molecule has 1 aliphatic heterocycles. The van der Waals surface area contributed by atoms with Crippen molar-refractivity contribution in [2.45, 2.75) is 109 Å². The van der Waals surface area contributed by atoms with E-state index in [-0.39, 0.29) is 29.7 Å². The minimum absolute atomic E-state index is 0.0189. The Morgan fingerprint density at radius 1 is 0.977 bits per heavy atom. The molecular formula is C36H49N3O4. The molecular weight excluding hydrogens is 538 g/mol. The first-order valence-electron chi connectivity index (χ1n) is 16.4. The van der Waals surface area contributed by atoms with E-state index >= 15 is 0 Å². The molecule has 232 valence electrons. The molecule has 4 fully saturated rings. The lowest BCUT2D eigenvalue weighted by Gasteiger charge is -2.56. The van der Waals surface area contributed by atoms with E-state index in [9.17, 15) is 9.59 Å². The van der Waals surface area contributed by atoms with Gasteiger partial charge in [0.15, 0.2) is 0 Å². The van der Waals surface area contributed by atoms with Crippen LogP contribution in [0.15, 0.2) is 42.5 Å². The fourth-order valence-electron chi connectivity index (χ4n) is 8.69. The van der Waals surface area contributed by atoms with Crippen LogP contribution in [0, 0.1) is 17.8 Å². The molecule has 2 N–H and O–H groups in total. The van der Waals surface area contributed by atoms with Crippen LogP contribution < -0.4 is 15.4 Å². The molecule has 0 aromatic heterocycles. The van der Waals surface area contributed by atoms with Crippen LogP contribution >= 0.6 is 0 Å². The van der Waals surface area contributed by atoms with E-state index in [2.05, 4.69) is 29.7 Å². The number of hydrogen-bond donors (Lipinski definition) is 2. The van der Waals surface area contributed by atoms with Gasteiger partial charge in [0, 0.05) is 17.5 Å². The van der Waals surface area contributed by atoms with Crippen LogP contribution in [-0.4, -0.2) is 47.9 Å². The van der Waals surface area contributed by atoms with Crippen LogP contribution in [0.3, 0.4) is 0 Å². The first kappa shape index (κ1) is 30.0. The number of amides is 2. The predicted octanol–water partition coefficient (Wildman–Crippen LogP) is 6.99. The maximum atomic E-state index is 13.9. The molecule has 2 atom stereocenters. The number of unbranched alkanes of at least 4 members (excludes halogenated alkanes) is 1. The third-order valence-electron chi connectivity index (χ3n) is 10.1. The van der Waals surface area contributed by atoms with Crippen LogP contribution in [-0.2, 0) is 11.2 Å². The maximum Gasteiger partial charge on any atom is 0.412 e. The summed E-state index contributed by atoms with van der Waals surface area (Å²) in [6.45, 7) is 8.67. The smallest absolute Gasteiger partial charge is 0.412 e. The van der Waals surface area contributed by atoms with E-state index in [1.807, 2.05) is 56.0 Å². The Hall–Kier alpha value is -3.06. The van der Waals surface area contributed by atoms with Crippen molar-refractivity contribution in [3.8, 4) is 5.75 Å². The number of fused-ring (bicyclic) bond motifs is 1. The monoisotopic (exact) mass is 587 g/mol.